The summed E-state index contributed by atoms with van der Waals surface area (Å²) in [5, 5.41) is 10.9. The summed E-state index contributed by atoms with van der Waals surface area (Å²) in [7, 11) is 3.06. The third-order valence-electron chi connectivity index (χ3n) is 3.60. The lowest BCUT2D eigenvalue weighted by Crippen LogP contribution is -2.00. The molecule has 120 valence electrons. The Morgan fingerprint density at radius 1 is 1.08 bits per heavy atom. The van der Waals surface area contributed by atoms with Gasteiger partial charge in [0.25, 0.3) is 0 Å². The minimum absolute atomic E-state index is 0.346. The Hall–Kier alpha value is -3.28. The van der Waals surface area contributed by atoms with Gasteiger partial charge in [0.05, 0.1) is 18.9 Å². The first-order valence-electron chi connectivity index (χ1n) is 7.35. The van der Waals surface area contributed by atoms with Crippen LogP contribution in [0.3, 0.4) is 0 Å². The lowest BCUT2D eigenvalue weighted by atomic mass is 10.00. The van der Waals surface area contributed by atoms with E-state index in [4.69, 9.17) is 4.74 Å². The van der Waals surface area contributed by atoms with Crippen molar-refractivity contribution in [2.45, 2.75) is 0 Å². The fraction of sp³-hybridized carbons (Fsp3) is 0.111. The second-order valence-corrected chi connectivity index (χ2v) is 5.09. The van der Waals surface area contributed by atoms with E-state index in [2.05, 4.69) is 20.4 Å². The van der Waals surface area contributed by atoms with Gasteiger partial charge in [-0.25, -0.2) is 4.79 Å². The Morgan fingerprint density at radius 3 is 2.54 bits per heavy atom. The molecule has 0 aliphatic rings. The summed E-state index contributed by atoms with van der Waals surface area (Å²) >= 11 is 0. The van der Waals surface area contributed by atoms with Gasteiger partial charge >= 0.3 is 5.97 Å². The Labute approximate surface area is 139 Å². The fourth-order valence-electron chi connectivity index (χ4n) is 2.43. The number of hydrogen-bond donors (Lipinski definition) is 1. The molecule has 2 aromatic carbocycles. The highest BCUT2D eigenvalue weighted by molar-refractivity contribution is 5.90. The number of ether oxygens (including phenoxy) is 1. The molecule has 0 fully saturated rings. The molecule has 0 aliphatic carbocycles. The summed E-state index contributed by atoms with van der Waals surface area (Å²) in [6, 6.07) is 15.2. The molecule has 24 heavy (non-hydrogen) atoms. The largest absolute Gasteiger partial charge is 0.465 e. The summed E-state index contributed by atoms with van der Waals surface area (Å²) in [5.41, 5.74) is 4.91. The molecule has 0 bridgehead atoms. The summed E-state index contributed by atoms with van der Waals surface area (Å²) in [5.74, 6) is -0.346. The molecule has 0 atom stereocenters. The highest BCUT2D eigenvalue weighted by Gasteiger charge is 2.10. The maximum atomic E-state index is 11.5. The van der Waals surface area contributed by atoms with Crippen molar-refractivity contribution in [3.63, 3.8) is 0 Å². The van der Waals surface area contributed by atoms with Gasteiger partial charge in [-0.3, -0.25) is 4.99 Å². The smallest absolute Gasteiger partial charge is 0.337 e. The van der Waals surface area contributed by atoms with Crippen molar-refractivity contribution in [3.8, 4) is 22.4 Å². The number of methoxy groups -OCH3 is 1. The molecule has 0 radical (unpaired) electrons. The number of aromatic amines is 1. The summed E-state index contributed by atoms with van der Waals surface area (Å²) < 4.78 is 4.72. The van der Waals surface area contributed by atoms with E-state index in [1.807, 2.05) is 36.4 Å². The SMILES string of the molecule is CN=Cc1n[nH]nc1-c1cccc(-c2ccc(C(=O)OC)cc2)c1. The number of rotatable bonds is 4. The number of aliphatic imine (C=N–C) groups is 1. The van der Waals surface area contributed by atoms with Crippen LogP contribution in [-0.4, -0.2) is 41.8 Å². The van der Waals surface area contributed by atoms with E-state index in [0.29, 0.717) is 11.3 Å². The molecule has 1 aromatic heterocycles. The third-order valence-corrected chi connectivity index (χ3v) is 3.60. The molecule has 0 saturated carbocycles. The van der Waals surface area contributed by atoms with Crippen molar-refractivity contribution in [1.29, 1.82) is 0 Å². The molecule has 0 spiro atoms. The van der Waals surface area contributed by atoms with Crippen molar-refractivity contribution in [2.75, 3.05) is 14.2 Å². The van der Waals surface area contributed by atoms with E-state index in [1.165, 1.54) is 7.11 Å². The Kier molecular flexibility index (Phi) is 4.47. The van der Waals surface area contributed by atoms with Crippen LogP contribution in [0.4, 0.5) is 0 Å². The molecule has 1 N–H and O–H groups in total. The van der Waals surface area contributed by atoms with Crippen LogP contribution < -0.4 is 0 Å². The number of H-pyrrole nitrogens is 1. The first-order chi connectivity index (χ1) is 11.7. The number of nitrogens with one attached hydrogen (secondary N) is 1. The highest BCUT2D eigenvalue weighted by atomic mass is 16.5. The maximum absolute atomic E-state index is 11.5. The standard InChI is InChI=1S/C18H16N4O2/c1-19-11-16-17(21-22-20-16)15-5-3-4-14(10-15)12-6-8-13(9-7-12)18(23)24-2/h3-11H,1-2H3,(H,20,21,22). The van der Waals surface area contributed by atoms with Crippen molar-refractivity contribution in [1.82, 2.24) is 15.4 Å². The molecule has 1 heterocycles. The lowest BCUT2D eigenvalue weighted by Gasteiger charge is -2.06. The predicted molar refractivity (Wildman–Crippen MR) is 92.1 cm³/mol. The van der Waals surface area contributed by atoms with Crippen LogP contribution in [0.15, 0.2) is 53.5 Å². The van der Waals surface area contributed by atoms with Crippen molar-refractivity contribution in [3.05, 3.63) is 59.8 Å². The molecule has 0 unspecified atom stereocenters. The average molecular weight is 320 g/mol. The molecule has 3 rings (SSSR count). The maximum Gasteiger partial charge on any atom is 0.337 e. The van der Waals surface area contributed by atoms with E-state index in [1.54, 1.807) is 25.4 Å². The average Bonchev–Trinajstić information content (AvgIpc) is 3.10. The minimum Gasteiger partial charge on any atom is -0.465 e. The number of carbonyl (C=O) groups excluding carboxylic acids is 1. The van der Waals surface area contributed by atoms with E-state index >= 15 is 0 Å². The minimum atomic E-state index is -0.346. The van der Waals surface area contributed by atoms with Crippen LogP contribution in [0.1, 0.15) is 16.1 Å². The zero-order valence-electron chi connectivity index (χ0n) is 13.4. The second kappa shape index (κ2) is 6.87. The topological polar surface area (TPSA) is 80.2 Å². The van der Waals surface area contributed by atoms with Crippen LogP contribution in [0.25, 0.3) is 22.4 Å². The third kappa shape index (κ3) is 3.08. The monoisotopic (exact) mass is 320 g/mol. The van der Waals surface area contributed by atoms with Gasteiger partial charge in [0.2, 0.25) is 0 Å². The van der Waals surface area contributed by atoms with Crippen LogP contribution >= 0.6 is 0 Å². The zero-order valence-corrected chi connectivity index (χ0v) is 13.4. The van der Waals surface area contributed by atoms with Gasteiger partial charge in [0, 0.05) is 12.6 Å². The number of nitrogens with zero attached hydrogens (tertiary/aromatic N) is 3. The first kappa shape index (κ1) is 15.6. The second-order valence-electron chi connectivity index (χ2n) is 5.09. The predicted octanol–water partition coefficient (Wildman–Crippen LogP) is 2.97. The Bertz CT molecular complexity index is 882. The van der Waals surface area contributed by atoms with E-state index < -0.39 is 0 Å². The van der Waals surface area contributed by atoms with Gasteiger partial charge in [-0.2, -0.15) is 15.4 Å². The van der Waals surface area contributed by atoms with E-state index in [9.17, 15) is 4.79 Å². The number of aromatic nitrogens is 3. The van der Waals surface area contributed by atoms with Crippen molar-refractivity contribution >= 4 is 12.2 Å². The van der Waals surface area contributed by atoms with E-state index in [-0.39, 0.29) is 5.97 Å². The van der Waals surface area contributed by atoms with Crippen LogP contribution in [-0.2, 0) is 4.74 Å². The van der Waals surface area contributed by atoms with Gasteiger partial charge in [-0.05, 0) is 29.3 Å². The molecular weight excluding hydrogens is 304 g/mol. The van der Waals surface area contributed by atoms with Gasteiger partial charge in [-0.1, -0.05) is 30.3 Å². The first-order valence-corrected chi connectivity index (χ1v) is 7.35. The van der Waals surface area contributed by atoms with Crippen LogP contribution in [0.5, 0.6) is 0 Å². The van der Waals surface area contributed by atoms with Crippen LogP contribution in [0.2, 0.25) is 0 Å². The fourth-order valence-corrected chi connectivity index (χ4v) is 2.43. The number of esters is 1. The Morgan fingerprint density at radius 2 is 1.83 bits per heavy atom. The molecule has 0 amide bonds. The normalized spacial score (nSPS) is 10.9. The molecule has 0 saturated heterocycles. The van der Waals surface area contributed by atoms with Crippen LogP contribution in [0, 0.1) is 0 Å². The number of benzene rings is 2. The number of carbonyl (C=O) groups is 1. The summed E-state index contributed by atoms with van der Waals surface area (Å²) in [6.07, 6.45) is 1.66. The lowest BCUT2D eigenvalue weighted by molar-refractivity contribution is 0.0601. The summed E-state index contributed by atoms with van der Waals surface area (Å²) in [4.78, 5) is 15.5. The zero-order chi connectivity index (χ0) is 16.9. The van der Waals surface area contributed by atoms with Crippen molar-refractivity contribution < 1.29 is 9.53 Å². The molecular formula is C18H16N4O2. The van der Waals surface area contributed by atoms with Gasteiger partial charge < -0.3 is 4.74 Å². The molecule has 3 aromatic rings. The quantitative estimate of drug-likeness (QED) is 0.592. The molecule has 6 heteroatoms. The van der Waals surface area contributed by atoms with Crippen molar-refractivity contribution in [2.24, 2.45) is 4.99 Å². The number of hydrogen-bond acceptors (Lipinski definition) is 5. The van der Waals surface area contributed by atoms with Gasteiger partial charge in [0.1, 0.15) is 11.4 Å². The Balaban J connectivity index is 1.96. The van der Waals surface area contributed by atoms with Gasteiger partial charge in [0.15, 0.2) is 0 Å². The molecule has 0 aliphatic heterocycles. The van der Waals surface area contributed by atoms with Gasteiger partial charge in [-0.15, -0.1) is 0 Å². The summed E-state index contributed by atoms with van der Waals surface area (Å²) in [6.45, 7) is 0. The highest BCUT2D eigenvalue weighted by Crippen LogP contribution is 2.26. The van der Waals surface area contributed by atoms with E-state index in [0.717, 1.165) is 22.4 Å². The molecule has 6 nitrogen and oxygen atoms in total.